The van der Waals surface area contributed by atoms with Crippen molar-refractivity contribution in [2.45, 2.75) is 0 Å². The normalized spacial score (nSPS) is 10.3. The van der Waals surface area contributed by atoms with E-state index in [-0.39, 0.29) is 5.91 Å². The molecule has 0 aliphatic heterocycles. The number of hydrogen-bond acceptors (Lipinski definition) is 4. The van der Waals surface area contributed by atoms with E-state index in [1.807, 2.05) is 29.6 Å². The van der Waals surface area contributed by atoms with Gasteiger partial charge in [0.15, 0.2) is 5.13 Å². The Morgan fingerprint density at radius 2 is 1.95 bits per heavy atom. The number of pyridine rings is 1. The van der Waals surface area contributed by atoms with Gasteiger partial charge < -0.3 is 0 Å². The first kappa shape index (κ1) is 14.2. The SMILES string of the molecule is O=C(Nc1nc(-c2ccc(I)cc2)cs1)c1ccccn1. The lowest BCUT2D eigenvalue weighted by Crippen LogP contribution is -2.13. The lowest BCUT2D eigenvalue weighted by atomic mass is 10.2. The second-order valence-electron chi connectivity index (χ2n) is 4.21. The zero-order valence-corrected chi connectivity index (χ0v) is 13.8. The van der Waals surface area contributed by atoms with Gasteiger partial charge in [0.25, 0.3) is 5.91 Å². The lowest BCUT2D eigenvalue weighted by molar-refractivity contribution is 0.102. The zero-order valence-electron chi connectivity index (χ0n) is 10.8. The molecule has 2 heterocycles. The minimum absolute atomic E-state index is 0.251. The molecule has 104 valence electrons. The van der Waals surface area contributed by atoms with Crippen molar-refractivity contribution < 1.29 is 4.79 Å². The van der Waals surface area contributed by atoms with Crippen molar-refractivity contribution in [3.8, 4) is 11.3 Å². The maximum atomic E-state index is 12.0. The predicted molar refractivity (Wildman–Crippen MR) is 92.5 cm³/mol. The Labute approximate surface area is 139 Å². The Kier molecular flexibility index (Phi) is 4.26. The van der Waals surface area contributed by atoms with Gasteiger partial charge in [-0.1, -0.05) is 18.2 Å². The summed E-state index contributed by atoms with van der Waals surface area (Å²) in [7, 11) is 0. The second kappa shape index (κ2) is 6.31. The fourth-order valence-corrected chi connectivity index (χ4v) is 2.82. The largest absolute Gasteiger partial charge is 0.296 e. The number of halogens is 1. The topological polar surface area (TPSA) is 54.9 Å². The highest BCUT2D eigenvalue weighted by atomic mass is 127. The zero-order chi connectivity index (χ0) is 14.7. The number of carbonyl (C=O) groups is 1. The van der Waals surface area contributed by atoms with E-state index in [1.54, 1.807) is 24.4 Å². The lowest BCUT2D eigenvalue weighted by Gasteiger charge is -2.00. The van der Waals surface area contributed by atoms with Gasteiger partial charge in [-0.3, -0.25) is 15.1 Å². The van der Waals surface area contributed by atoms with Crippen molar-refractivity contribution in [2.24, 2.45) is 0 Å². The molecule has 3 rings (SSSR count). The molecule has 0 aliphatic rings. The van der Waals surface area contributed by atoms with Gasteiger partial charge in [0.1, 0.15) is 5.69 Å². The molecule has 1 N–H and O–H groups in total. The molecule has 21 heavy (non-hydrogen) atoms. The van der Waals surface area contributed by atoms with E-state index in [4.69, 9.17) is 0 Å². The Morgan fingerprint density at radius 3 is 2.67 bits per heavy atom. The predicted octanol–water partition coefficient (Wildman–Crippen LogP) is 4.06. The molecule has 0 aliphatic carbocycles. The Bertz CT molecular complexity index is 756. The van der Waals surface area contributed by atoms with E-state index in [2.05, 4.69) is 37.9 Å². The van der Waals surface area contributed by atoms with Gasteiger partial charge in [0.05, 0.1) is 5.69 Å². The monoisotopic (exact) mass is 407 g/mol. The molecule has 0 spiro atoms. The second-order valence-corrected chi connectivity index (χ2v) is 6.32. The maximum absolute atomic E-state index is 12.0. The van der Waals surface area contributed by atoms with Crippen LogP contribution in [0.5, 0.6) is 0 Å². The number of anilines is 1. The van der Waals surface area contributed by atoms with Crippen molar-refractivity contribution in [1.29, 1.82) is 0 Å². The van der Waals surface area contributed by atoms with Crippen LogP contribution < -0.4 is 5.32 Å². The molecular weight excluding hydrogens is 397 g/mol. The number of nitrogens with one attached hydrogen (secondary N) is 1. The van der Waals surface area contributed by atoms with Crippen molar-refractivity contribution in [2.75, 3.05) is 5.32 Å². The highest BCUT2D eigenvalue weighted by Crippen LogP contribution is 2.25. The fraction of sp³-hybridized carbons (Fsp3) is 0. The number of aromatic nitrogens is 2. The first-order chi connectivity index (χ1) is 10.2. The molecule has 4 nitrogen and oxygen atoms in total. The minimum atomic E-state index is -0.251. The quantitative estimate of drug-likeness (QED) is 0.667. The molecule has 0 radical (unpaired) electrons. The molecule has 1 amide bonds. The third kappa shape index (κ3) is 3.45. The highest BCUT2D eigenvalue weighted by Gasteiger charge is 2.10. The third-order valence-electron chi connectivity index (χ3n) is 2.76. The van der Waals surface area contributed by atoms with Gasteiger partial charge in [0, 0.05) is 20.7 Å². The molecule has 0 atom stereocenters. The molecule has 0 bridgehead atoms. The maximum Gasteiger partial charge on any atom is 0.276 e. The number of nitrogens with zero attached hydrogens (tertiary/aromatic N) is 2. The molecule has 1 aromatic carbocycles. The smallest absolute Gasteiger partial charge is 0.276 e. The van der Waals surface area contributed by atoms with Gasteiger partial charge in [-0.2, -0.15) is 0 Å². The summed E-state index contributed by atoms with van der Waals surface area (Å²) in [5.74, 6) is -0.251. The molecule has 0 saturated heterocycles. The van der Waals surface area contributed by atoms with Gasteiger partial charge in [0.2, 0.25) is 0 Å². The van der Waals surface area contributed by atoms with Crippen LogP contribution >= 0.6 is 33.9 Å². The van der Waals surface area contributed by atoms with Crippen LogP contribution in [0.25, 0.3) is 11.3 Å². The molecule has 2 aromatic heterocycles. The number of amides is 1. The average Bonchev–Trinajstić information content (AvgIpc) is 2.97. The number of carbonyl (C=O) groups excluding carboxylic acids is 1. The summed E-state index contributed by atoms with van der Waals surface area (Å²) in [6.07, 6.45) is 1.59. The third-order valence-corrected chi connectivity index (χ3v) is 4.24. The standard InChI is InChI=1S/C15H10IN3OS/c16-11-6-4-10(5-7-11)13-9-21-15(18-13)19-14(20)12-3-1-2-8-17-12/h1-9H,(H,18,19,20). The average molecular weight is 407 g/mol. The molecular formula is C15H10IN3OS. The minimum Gasteiger partial charge on any atom is -0.296 e. The van der Waals surface area contributed by atoms with Crippen molar-refractivity contribution >= 4 is 45.0 Å². The van der Waals surface area contributed by atoms with E-state index in [9.17, 15) is 4.79 Å². The summed E-state index contributed by atoms with van der Waals surface area (Å²) in [6.45, 7) is 0. The summed E-state index contributed by atoms with van der Waals surface area (Å²) < 4.78 is 1.18. The van der Waals surface area contributed by atoms with Crippen LogP contribution in [-0.4, -0.2) is 15.9 Å². The summed E-state index contributed by atoms with van der Waals surface area (Å²) in [5, 5.41) is 5.26. The fourth-order valence-electron chi connectivity index (χ4n) is 1.74. The van der Waals surface area contributed by atoms with Crippen molar-refractivity contribution in [3.05, 3.63) is 63.3 Å². The van der Waals surface area contributed by atoms with E-state index in [0.717, 1.165) is 11.3 Å². The first-order valence-electron chi connectivity index (χ1n) is 6.16. The van der Waals surface area contributed by atoms with Crippen LogP contribution in [0.4, 0.5) is 5.13 Å². The van der Waals surface area contributed by atoms with Crippen molar-refractivity contribution in [1.82, 2.24) is 9.97 Å². The van der Waals surface area contributed by atoms with Crippen LogP contribution in [-0.2, 0) is 0 Å². The Hall–Kier alpha value is -1.80. The molecule has 0 saturated carbocycles. The van der Waals surface area contributed by atoms with E-state index < -0.39 is 0 Å². The summed E-state index contributed by atoms with van der Waals surface area (Å²) >= 11 is 3.66. The van der Waals surface area contributed by atoms with Gasteiger partial charge in [-0.25, -0.2) is 4.98 Å². The van der Waals surface area contributed by atoms with E-state index in [0.29, 0.717) is 10.8 Å². The Balaban J connectivity index is 1.76. The number of hydrogen-bond donors (Lipinski definition) is 1. The molecule has 6 heteroatoms. The highest BCUT2D eigenvalue weighted by molar-refractivity contribution is 14.1. The molecule has 0 unspecified atom stereocenters. The Morgan fingerprint density at radius 1 is 1.14 bits per heavy atom. The van der Waals surface area contributed by atoms with Crippen LogP contribution in [0, 0.1) is 3.57 Å². The van der Waals surface area contributed by atoms with Gasteiger partial charge >= 0.3 is 0 Å². The first-order valence-corrected chi connectivity index (χ1v) is 8.12. The summed E-state index contributed by atoms with van der Waals surface area (Å²) in [5.41, 5.74) is 2.27. The van der Waals surface area contributed by atoms with Crippen LogP contribution in [0.3, 0.4) is 0 Å². The van der Waals surface area contributed by atoms with Crippen LogP contribution in [0.15, 0.2) is 54.0 Å². The molecule has 0 fully saturated rings. The van der Waals surface area contributed by atoms with Crippen molar-refractivity contribution in [3.63, 3.8) is 0 Å². The van der Waals surface area contributed by atoms with E-state index in [1.165, 1.54) is 14.9 Å². The summed E-state index contributed by atoms with van der Waals surface area (Å²) in [6, 6.07) is 13.3. The number of rotatable bonds is 3. The van der Waals surface area contributed by atoms with E-state index >= 15 is 0 Å². The number of benzene rings is 1. The van der Waals surface area contributed by atoms with Crippen LogP contribution in [0.2, 0.25) is 0 Å². The van der Waals surface area contributed by atoms with Gasteiger partial charge in [-0.15, -0.1) is 11.3 Å². The van der Waals surface area contributed by atoms with Gasteiger partial charge in [-0.05, 0) is 46.9 Å². The van der Waals surface area contributed by atoms with Crippen LogP contribution in [0.1, 0.15) is 10.5 Å². The summed E-state index contributed by atoms with van der Waals surface area (Å²) in [4.78, 5) is 20.4. The number of thiazole rings is 1. The molecule has 3 aromatic rings.